The Labute approximate surface area is 490 Å². The molecule has 0 aliphatic heterocycles. The second kappa shape index (κ2) is 65.8. The normalized spacial score (nSPS) is 13.5. The van der Waals surface area contributed by atoms with E-state index in [1.807, 2.05) is 0 Å². The summed E-state index contributed by atoms with van der Waals surface area (Å²) in [5.41, 5.74) is 0. The Hall–Kier alpha value is -5.75. The maximum Gasteiger partial charge on any atom is 0.306 e. The number of ether oxygens (including phenoxy) is 3. The largest absolute Gasteiger partial charge is 0.462 e. The fourth-order valence-electron chi connectivity index (χ4n) is 7.65. The Morgan fingerprint density at radius 1 is 0.263 bits per heavy atom. The van der Waals surface area contributed by atoms with Crippen LogP contribution in [0.5, 0.6) is 0 Å². The minimum atomic E-state index is -0.839. The Morgan fingerprint density at radius 2 is 0.487 bits per heavy atom. The van der Waals surface area contributed by atoms with E-state index in [0.29, 0.717) is 19.3 Å². The van der Waals surface area contributed by atoms with Gasteiger partial charge in [-0.05, 0) is 161 Å². The molecule has 6 heteroatoms. The van der Waals surface area contributed by atoms with Crippen LogP contribution in [0, 0.1) is 0 Å². The molecule has 0 rings (SSSR count). The first-order chi connectivity index (χ1) is 39.5. The minimum absolute atomic E-state index is 0.128. The average Bonchev–Trinajstić information content (AvgIpc) is 3.46. The highest BCUT2D eigenvalue weighted by Crippen LogP contribution is 2.12. The van der Waals surface area contributed by atoms with E-state index >= 15 is 0 Å². The van der Waals surface area contributed by atoms with Crippen LogP contribution in [0.15, 0.2) is 194 Å². The molecule has 0 aromatic carbocycles. The van der Waals surface area contributed by atoms with Gasteiger partial charge in [0.2, 0.25) is 0 Å². The van der Waals surface area contributed by atoms with Gasteiger partial charge < -0.3 is 14.2 Å². The number of carbonyl (C=O) groups excluding carboxylic acids is 3. The molecule has 0 radical (unpaired) electrons. The second-order valence-electron chi connectivity index (χ2n) is 19.8. The zero-order valence-corrected chi connectivity index (χ0v) is 50.8. The molecule has 80 heavy (non-hydrogen) atoms. The molecule has 0 spiro atoms. The van der Waals surface area contributed by atoms with Gasteiger partial charge in [0.05, 0.1) is 0 Å². The summed E-state index contributed by atoms with van der Waals surface area (Å²) in [6.07, 6.45) is 100. The van der Waals surface area contributed by atoms with Crippen molar-refractivity contribution in [1.29, 1.82) is 0 Å². The van der Waals surface area contributed by atoms with Gasteiger partial charge in [0.15, 0.2) is 6.10 Å². The first-order valence-electron chi connectivity index (χ1n) is 31.4. The molecule has 0 fully saturated rings. The number of hydrogen-bond donors (Lipinski definition) is 0. The smallest absolute Gasteiger partial charge is 0.306 e. The third-order valence-electron chi connectivity index (χ3n) is 12.3. The van der Waals surface area contributed by atoms with E-state index in [0.717, 1.165) is 161 Å². The first-order valence-corrected chi connectivity index (χ1v) is 31.4. The van der Waals surface area contributed by atoms with Gasteiger partial charge in [-0.2, -0.15) is 0 Å². The summed E-state index contributed by atoms with van der Waals surface area (Å²) in [4.78, 5) is 38.3. The lowest BCUT2D eigenvalue weighted by Gasteiger charge is -2.18. The van der Waals surface area contributed by atoms with Gasteiger partial charge in [0.25, 0.3) is 0 Å². The highest BCUT2D eigenvalue weighted by Gasteiger charge is 2.19. The lowest BCUT2D eigenvalue weighted by Crippen LogP contribution is -2.30. The fraction of sp³-hybridized carbons (Fsp3) is 0.527. The van der Waals surface area contributed by atoms with Gasteiger partial charge in [-0.3, -0.25) is 14.4 Å². The Kier molecular flexibility index (Phi) is 61.0. The van der Waals surface area contributed by atoms with E-state index in [1.54, 1.807) is 0 Å². The van der Waals surface area contributed by atoms with Crippen molar-refractivity contribution in [3.8, 4) is 0 Å². The number of carbonyl (C=O) groups is 3. The van der Waals surface area contributed by atoms with Gasteiger partial charge in [0, 0.05) is 19.3 Å². The lowest BCUT2D eigenvalue weighted by atomic mass is 10.1. The van der Waals surface area contributed by atoms with Crippen LogP contribution in [-0.4, -0.2) is 37.2 Å². The van der Waals surface area contributed by atoms with Crippen LogP contribution < -0.4 is 0 Å². The molecular formula is C74H112O6. The van der Waals surface area contributed by atoms with Crippen LogP contribution in [-0.2, 0) is 28.6 Å². The molecule has 6 nitrogen and oxygen atoms in total. The minimum Gasteiger partial charge on any atom is -0.462 e. The summed E-state index contributed by atoms with van der Waals surface area (Å²) in [6, 6.07) is 0. The van der Waals surface area contributed by atoms with Crippen LogP contribution >= 0.6 is 0 Å². The predicted molar refractivity (Wildman–Crippen MR) is 347 cm³/mol. The molecule has 0 aromatic rings. The van der Waals surface area contributed by atoms with Crippen LogP contribution in [0.3, 0.4) is 0 Å². The number of unbranched alkanes of at least 4 members (excludes halogenated alkanes) is 11. The van der Waals surface area contributed by atoms with E-state index in [4.69, 9.17) is 14.2 Å². The van der Waals surface area contributed by atoms with Gasteiger partial charge in [0.1, 0.15) is 13.2 Å². The Morgan fingerprint density at radius 3 is 0.787 bits per heavy atom. The van der Waals surface area contributed by atoms with Gasteiger partial charge in [-0.25, -0.2) is 0 Å². The van der Waals surface area contributed by atoms with Crippen LogP contribution in [0.2, 0.25) is 0 Å². The number of allylic oxidation sites excluding steroid dienone is 32. The quantitative estimate of drug-likeness (QED) is 0.0261. The molecule has 0 N–H and O–H groups in total. The fourth-order valence-corrected chi connectivity index (χ4v) is 7.65. The summed E-state index contributed by atoms with van der Waals surface area (Å²) in [6.45, 7) is 6.27. The summed E-state index contributed by atoms with van der Waals surface area (Å²) >= 11 is 0. The third kappa shape index (κ3) is 63.1. The van der Waals surface area contributed by atoms with Gasteiger partial charge in [-0.1, -0.05) is 247 Å². The highest BCUT2D eigenvalue weighted by molar-refractivity contribution is 5.71. The van der Waals surface area contributed by atoms with Gasteiger partial charge >= 0.3 is 17.9 Å². The van der Waals surface area contributed by atoms with Crippen LogP contribution in [0.1, 0.15) is 233 Å². The van der Waals surface area contributed by atoms with Crippen molar-refractivity contribution in [2.24, 2.45) is 0 Å². The number of esters is 3. The number of rotatable bonds is 54. The van der Waals surface area contributed by atoms with Crippen molar-refractivity contribution >= 4 is 17.9 Å². The third-order valence-corrected chi connectivity index (χ3v) is 12.3. The first kappa shape index (κ1) is 74.2. The molecule has 0 saturated heterocycles. The van der Waals surface area contributed by atoms with Crippen molar-refractivity contribution in [2.45, 2.75) is 239 Å². The SMILES string of the molecule is CC/C=C\C/C=C\C/C=C\C/C=C\C/C=C\C/C=C\C/C=C\C/C=C\CCCCC(=O)OCC(COC(=O)CCCCCCC/C=C\C/C=C\CCCC)OC(=O)CCCC/C=C\C/C=C\C/C=C\C/C=C\C/C=C\C/C=C\CC. The maximum atomic E-state index is 12.9. The maximum absolute atomic E-state index is 12.9. The van der Waals surface area contributed by atoms with E-state index in [1.165, 1.54) is 19.3 Å². The summed E-state index contributed by atoms with van der Waals surface area (Å²) in [5.74, 6) is -1.04. The van der Waals surface area contributed by atoms with E-state index in [-0.39, 0.29) is 44.0 Å². The molecule has 0 aromatic heterocycles. The standard InChI is InChI=1S/C74H112O6/c1-4-7-10-13-16-19-22-25-28-30-32-34-35-36-37-38-39-41-42-44-46-49-52-55-58-61-64-67-73(76)79-70-71(69-78-72(75)66-63-60-57-54-51-48-27-24-21-18-15-12-9-6-3)80-74(77)68-65-62-59-56-53-50-47-45-43-40-33-31-29-26-23-20-17-14-11-8-5-2/h7-8,10-11,15-20,24-29,32-34,36-37,39-41,44-47,52-53,55-56,71H,4-6,9,12-14,21-23,30-31,35,38,42-43,48-51,54,57-70H2,1-3H3/b10-7-,11-8-,18-15-,19-16-,20-17-,27-24-,28-25-,29-26-,34-32-,37-36-,40-33-,41-39-,46-44-,47-45-,55-52-,56-53-. The van der Waals surface area contributed by atoms with E-state index in [2.05, 4.69) is 215 Å². The van der Waals surface area contributed by atoms with Crippen molar-refractivity contribution in [2.75, 3.05) is 13.2 Å². The zero-order chi connectivity index (χ0) is 57.8. The van der Waals surface area contributed by atoms with Crippen molar-refractivity contribution in [3.05, 3.63) is 194 Å². The molecule has 1 unspecified atom stereocenters. The molecule has 0 bridgehead atoms. The summed E-state index contributed by atoms with van der Waals surface area (Å²) in [5, 5.41) is 0. The van der Waals surface area contributed by atoms with Crippen molar-refractivity contribution in [1.82, 2.24) is 0 Å². The van der Waals surface area contributed by atoms with Crippen LogP contribution in [0.25, 0.3) is 0 Å². The molecule has 0 saturated carbocycles. The Balaban J connectivity index is 4.58. The molecule has 0 heterocycles. The van der Waals surface area contributed by atoms with E-state index in [9.17, 15) is 14.4 Å². The molecule has 0 amide bonds. The Bertz CT molecular complexity index is 1930. The molecular weight excluding hydrogens is 985 g/mol. The average molecular weight is 1100 g/mol. The summed E-state index contributed by atoms with van der Waals surface area (Å²) < 4.78 is 16.8. The number of hydrogen-bond acceptors (Lipinski definition) is 6. The van der Waals surface area contributed by atoms with Crippen molar-refractivity contribution in [3.63, 3.8) is 0 Å². The second-order valence-corrected chi connectivity index (χ2v) is 19.8. The lowest BCUT2D eigenvalue weighted by molar-refractivity contribution is -0.167. The van der Waals surface area contributed by atoms with Gasteiger partial charge in [-0.15, -0.1) is 0 Å². The molecule has 0 aliphatic carbocycles. The van der Waals surface area contributed by atoms with Crippen LogP contribution in [0.4, 0.5) is 0 Å². The monoisotopic (exact) mass is 1100 g/mol. The highest BCUT2D eigenvalue weighted by atomic mass is 16.6. The zero-order valence-electron chi connectivity index (χ0n) is 50.8. The molecule has 0 aliphatic rings. The summed E-state index contributed by atoms with van der Waals surface area (Å²) in [7, 11) is 0. The topological polar surface area (TPSA) is 78.9 Å². The molecule has 444 valence electrons. The molecule has 1 atom stereocenters. The predicted octanol–water partition coefficient (Wildman–Crippen LogP) is 21.8. The van der Waals surface area contributed by atoms with Crippen molar-refractivity contribution < 1.29 is 28.6 Å². The van der Waals surface area contributed by atoms with E-state index < -0.39 is 6.10 Å².